The van der Waals surface area contributed by atoms with Gasteiger partial charge in [-0.05, 0) is 49.9 Å². The maximum absolute atomic E-state index is 12.6. The minimum atomic E-state index is -0.996. The molecule has 2 rings (SSSR count). The van der Waals surface area contributed by atoms with E-state index in [1.807, 2.05) is 18.2 Å². The van der Waals surface area contributed by atoms with Crippen molar-refractivity contribution in [2.75, 3.05) is 24.5 Å². The van der Waals surface area contributed by atoms with Crippen LogP contribution < -0.4 is 10.2 Å². The van der Waals surface area contributed by atoms with Crippen LogP contribution in [0.2, 0.25) is 0 Å². The summed E-state index contributed by atoms with van der Waals surface area (Å²) in [5.74, 6) is -0.378. The van der Waals surface area contributed by atoms with Crippen LogP contribution in [-0.4, -0.2) is 36.6 Å². The number of para-hydroxylation sites is 1. The Bertz CT molecular complexity index is 498. The lowest BCUT2D eigenvalue weighted by Crippen LogP contribution is -2.39. The minimum Gasteiger partial charge on any atom is -0.480 e. The molecule has 2 atom stereocenters. The van der Waals surface area contributed by atoms with Gasteiger partial charge in [0.05, 0.1) is 0 Å². The molecule has 1 saturated heterocycles. The zero-order chi connectivity index (χ0) is 15.9. The third-order valence-corrected chi connectivity index (χ3v) is 4.30. The average molecular weight is 304 g/mol. The van der Waals surface area contributed by atoms with E-state index in [0.29, 0.717) is 18.0 Å². The molecule has 0 saturated carbocycles. The fourth-order valence-electron chi connectivity index (χ4n) is 2.98. The summed E-state index contributed by atoms with van der Waals surface area (Å²) in [6.07, 6.45) is 2.65. The van der Waals surface area contributed by atoms with Crippen LogP contribution >= 0.6 is 0 Å². The van der Waals surface area contributed by atoms with Crippen LogP contribution in [0.4, 0.5) is 5.69 Å². The standard InChI is InChI=1S/C17H24N2O3/c1-13(14-6-5-9-18-11-14)10-16(20)19(12-17(21)22)15-7-3-2-4-8-15/h2-4,7-8,13-14,18H,5-6,9-12H2,1H3,(H,21,22). The van der Waals surface area contributed by atoms with E-state index in [1.165, 1.54) is 4.90 Å². The molecule has 1 fully saturated rings. The van der Waals surface area contributed by atoms with Crippen LogP contribution in [0.3, 0.4) is 0 Å². The fraction of sp³-hybridized carbons (Fsp3) is 0.529. The number of anilines is 1. The Morgan fingerprint density at radius 3 is 2.68 bits per heavy atom. The number of amides is 1. The van der Waals surface area contributed by atoms with Crippen molar-refractivity contribution in [1.29, 1.82) is 0 Å². The van der Waals surface area contributed by atoms with Crippen molar-refractivity contribution in [3.05, 3.63) is 30.3 Å². The van der Waals surface area contributed by atoms with E-state index in [-0.39, 0.29) is 18.4 Å². The SMILES string of the molecule is CC(CC(=O)N(CC(=O)O)c1ccccc1)C1CCCNC1. The maximum Gasteiger partial charge on any atom is 0.323 e. The Balaban J connectivity index is 2.03. The molecule has 0 bridgehead atoms. The van der Waals surface area contributed by atoms with Gasteiger partial charge in [0.25, 0.3) is 0 Å². The normalized spacial score (nSPS) is 19.4. The summed E-state index contributed by atoms with van der Waals surface area (Å²) in [6.45, 7) is 3.78. The topological polar surface area (TPSA) is 69.6 Å². The molecular formula is C17H24N2O3. The van der Waals surface area contributed by atoms with Gasteiger partial charge in [-0.1, -0.05) is 25.1 Å². The number of nitrogens with zero attached hydrogens (tertiary/aromatic N) is 1. The van der Waals surface area contributed by atoms with Crippen LogP contribution in [0.5, 0.6) is 0 Å². The van der Waals surface area contributed by atoms with E-state index in [4.69, 9.17) is 5.11 Å². The first-order chi connectivity index (χ1) is 10.6. The molecule has 1 amide bonds. The lowest BCUT2D eigenvalue weighted by Gasteiger charge is -2.30. The molecule has 5 nitrogen and oxygen atoms in total. The number of nitrogens with one attached hydrogen (secondary N) is 1. The largest absolute Gasteiger partial charge is 0.480 e. The molecule has 1 aliphatic rings. The number of piperidine rings is 1. The van der Waals surface area contributed by atoms with E-state index in [0.717, 1.165) is 25.9 Å². The molecule has 0 spiro atoms. The molecule has 5 heteroatoms. The molecule has 22 heavy (non-hydrogen) atoms. The minimum absolute atomic E-state index is 0.119. The lowest BCUT2D eigenvalue weighted by molar-refractivity contribution is -0.136. The Kier molecular flexibility index (Phi) is 5.95. The fourth-order valence-corrected chi connectivity index (χ4v) is 2.98. The first-order valence-electron chi connectivity index (χ1n) is 7.86. The van der Waals surface area contributed by atoms with Gasteiger partial charge in [-0.15, -0.1) is 0 Å². The monoisotopic (exact) mass is 304 g/mol. The van der Waals surface area contributed by atoms with Crippen molar-refractivity contribution < 1.29 is 14.7 Å². The summed E-state index contributed by atoms with van der Waals surface area (Å²) in [6, 6.07) is 9.02. The molecule has 2 N–H and O–H groups in total. The van der Waals surface area contributed by atoms with Crippen LogP contribution in [0.25, 0.3) is 0 Å². The Labute approximate surface area is 131 Å². The highest BCUT2D eigenvalue weighted by Gasteiger charge is 2.25. The first kappa shape index (κ1) is 16.5. The predicted octanol–water partition coefficient (Wildman–Crippen LogP) is 2.13. The van der Waals surface area contributed by atoms with Gasteiger partial charge in [-0.2, -0.15) is 0 Å². The number of hydrogen-bond donors (Lipinski definition) is 2. The molecule has 2 unspecified atom stereocenters. The Morgan fingerprint density at radius 1 is 1.36 bits per heavy atom. The summed E-state index contributed by atoms with van der Waals surface area (Å²) in [5.41, 5.74) is 0.642. The van der Waals surface area contributed by atoms with Gasteiger partial charge in [0.15, 0.2) is 0 Å². The summed E-state index contributed by atoms with van der Waals surface area (Å²) in [5, 5.41) is 12.4. The summed E-state index contributed by atoms with van der Waals surface area (Å²) < 4.78 is 0. The highest BCUT2D eigenvalue weighted by Crippen LogP contribution is 2.24. The lowest BCUT2D eigenvalue weighted by atomic mass is 9.85. The second-order valence-corrected chi connectivity index (χ2v) is 6.00. The Hall–Kier alpha value is -1.88. The van der Waals surface area contributed by atoms with E-state index < -0.39 is 5.97 Å². The van der Waals surface area contributed by atoms with Crippen molar-refractivity contribution >= 4 is 17.6 Å². The van der Waals surface area contributed by atoms with E-state index in [1.54, 1.807) is 12.1 Å². The number of aliphatic carboxylic acids is 1. The first-order valence-corrected chi connectivity index (χ1v) is 7.86. The van der Waals surface area contributed by atoms with Gasteiger partial charge in [0.2, 0.25) is 5.91 Å². The second kappa shape index (κ2) is 7.94. The third-order valence-electron chi connectivity index (χ3n) is 4.30. The van der Waals surface area contributed by atoms with Gasteiger partial charge >= 0.3 is 5.97 Å². The van der Waals surface area contributed by atoms with E-state index >= 15 is 0 Å². The van der Waals surface area contributed by atoms with E-state index in [2.05, 4.69) is 12.2 Å². The smallest absolute Gasteiger partial charge is 0.323 e. The molecule has 1 heterocycles. The molecule has 0 radical (unpaired) electrons. The zero-order valence-corrected chi connectivity index (χ0v) is 13.0. The van der Waals surface area contributed by atoms with Crippen LogP contribution in [0.15, 0.2) is 30.3 Å². The van der Waals surface area contributed by atoms with Crippen LogP contribution in [-0.2, 0) is 9.59 Å². The molecule has 0 aromatic heterocycles. The molecular weight excluding hydrogens is 280 g/mol. The van der Waals surface area contributed by atoms with Gasteiger partial charge in [-0.25, -0.2) is 0 Å². The number of hydrogen-bond acceptors (Lipinski definition) is 3. The Morgan fingerprint density at radius 2 is 2.09 bits per heavy atom. The molecule has 0 aliphatic carbocycles. The summed E-state index contributed by atoms with van der Waals surface area (Å²) in [4.78, 5) is 25.0. The van der Waals surface area contributed by atoms with Crippen LogP contribution in [0.1, 0.15) is 26.2 Å². The van der Waals surface area contributed by atoms with Crippen molar-refractivity contribution in [2.24, 2.45) is 11.8 Å². The number of carboxylic acid groups (broad SMARTS) is 1. The van der Waals surface area contributed by atoms with Crippen LogP contribution in [0, 0.1) is 11.8 Å². The number of carboxylic acids is 1. The van der Waals surface area contributed by atoms with E-state index in [9.17, 15) is 9.59 Å². The van der Waals surface area contributed by atoms with Crippen molar-refractivity contribution in [3.63, 3.8) is 0 Å². The number of carbonyl (C=O) groups is 2. The summed E-state index contributed by atoms with van der Waals surface area (Å²) >= 11 is 0. The highest BCUT2D eigenvalue weighted by molar-refractivity contribution is 5.97. The molecule has 1 aliphatic heterocycles. The van der Waals surface area contributed by atoms with Gasteiger partial charge in [0, 0.05) is 12.1 Å². The van der Waals surface area contributed by atoms with Gasteiger partial charge in [-0.3, -0.25) is 9.59 Å². The number of benzene rings is 1. The molecule has 1 aromatic rings. The average Bonchev–Trinajstić information content (AvgIpc) is 2.54. The molecule has 120 valence electrons. The second-order valence-electron chi connectivity index (χ2n) is 6.00. The highest BCUT2D eigenvalue weighted by atomic mass is 16.4. The number of carbonyl (C=O) groups excluding carboxylic acids is 1. The summed E-state index contributed by atoms with van der Waals surface area (Å²) in [7, 11) is 0. The van der Waals surface area contributed by atoms with Crippen molar-refractivity contribution in [2.45, 2.75) is 26.2 Å². The maximum atomic E-state index is 12.6. The van der Waals surface area contributed by atoms with Crippen molar-refractivity contribution in [1.82, 2.24) is 5.32 Å². The zero-order valence-electron chi connectivity index (χ0n) is 13.0. The third kappa shape index (κ3) is 4.56. The quantitative estimate of drug-likeness (QED) is 0.844. The van der Waals surface area contributed by atoms with Gasteiger partial charge in [0.1, 0.15) is 6.54 Å². The van der Waals surface area contributed by atoms with Gasteiger partial charge < -0.3 is 15.3 Å². The van der Waals surface area contributed by atoms with Crippen molar-refractivity contribution in [3.8, 4) is 0 Å². The molecule has 1 aromatic carbocycles. The predicted molar refractivity (Wildman–Crippen MR) is 85.8 cm³/mol. The number of rotatable bonds is 6.